The van der Waals surface area contributed by atoms with Crippen LogP contribution in [0, 0.1) is 0 Å². The van der Waals surface area contributed by atoms with Crippen LogP contribution in [0.15, 0.2) is 18.2 Å². The first kappa shape index (κ1) is 10.1. The van der Waals surface area contributed by atoms with Gasteiger partial charge in [0.15, 0.2) is 5.67 Å². The average molecular weight is 210 g/mol. The van der Waals surface area contributed by atoms with Crippen molar-refractivity contribution in [1.82, 2.24) is 0 Å². The number of hydrogen-bond donors (Lipinski definition) is 1. The molecule has 0 aliphatic carbocycles. The maximum absolute atomic E-state index is 14.0. The van der Waals surface area contributed by atoms with E-state index in [0.29, 0.717) is 12.2 Å². The number of benzene rings is 1. The van der Waals surface area contributed by atoms with Gasteiger partial charge in [0, 0.05) is 0 Å². The molecule has 2 rings (SSSR count). The second-order valence-corrected chi connectivity index (χ2v) is 3.87. The van der Waals surface area contributed by atoms with Crippen molar-refractivity contribution in [3.63, 3.8) is 0 Å². The summed E-state index contributed by atoms with van der Waals surface area (Å²) >= 11 is 0. The van der Waals surface area contributed by atoms with Gasteiger partial charge in [-0.25, -0.2) is 9.18 Å². The van der Waals surface area contributed by atoms with Crippen LogP contribution in [-0.4, -0.2) is 17.7 Å². The molecule has 4 heteroatoms. The highest BCUT2D eigenvalue weighted by molar-refractivity contribution is 5.88. The summed E-state index contributed by atoms with van der Waals surface area (Å²) in [7, 11) is 0. The van der Waals surface area contributed by atoms with E-state index in [1.165, 1.54) is 19.1 Å². The SMILES string of the molecule is C[C@@]1(F)COCc2ccc(C(=O)O)cc21. The van der Waals surface area contributed by atoms with Crippen LogP contribution in [-0.2, 0) is 17.0 Å². The van der Waals surface area contributed by atoms with Crippen LogP contribution in [0.4, 0.5) is 4.39 Å². The minimum absolute atomic E-state index is 0.0247. The molecular formula is C11H11FO3. The Kier molecular flexibility index (Phi) is 2.23. The molecule has 1 N–H and O–H groups in total. The van der Waals surface area contributed by atoms with Crippen LogP contribution in [0.1, 0.15) is 28.4 Å². The molecule has 0 amide bonds. The third kappa shape index (κ3) is 1.72. The zero-order chi connectivity index (χ0) is 11.1. The van der Waals surface area contributed by atoms with Crippen LogP contribution in [0.5, 0.6) is 0 Å². The molecule has 0 saturated carbocycles. The summed E-state index contributed by atoms with van der Waals surface area (Å²) < 4.78 is 19.1. The van der Waals surface area contributed by atoms with Crippen LogP contribution >= 0.6 is 0 Å². The molecule has 1 aliphatic heterocycles. The predicted octanol–water partition coefficient (Wildman–Crippen LogP) is 2.10. The van der Waals surface area contributed by atoms with Gasteiger partial charge in [-0.3, -0.25) is 0 Å². The van der Waals surface area contributed by atoms with Gasteiger partial charge in [0.2, 0.25) is 0 Å². The fourth-order valence-corrected chi connectivity index (χ4v) is 1.75. The number of carbonyl (C=O) groups is 1. The molecule has 0 unspecified atom stereocenters. The van der Waals surface area contributed by atoms with E-state index in [1.54, 1.807) is 6.07 Å². The van der Waals surface area contributed by atoms with Gasteiger partial charge >= 0.3 is 5.97 Å². The lowest BCUT2D eigenvalue weighted by Crippen LogP contribution is -2.29. The molecule has 0 aromatic heterocycles. The van der Waals surface area contributed by atoms with Crippen molar-refractivity contribution < 1.29 is 19.0 Å². The fourth-order valence-electron chi connectivity index (χ4n) is 1.75. The molecule has 1 aromatic rings. The average Bonchev–Trinajstić information content (AvgIpc) is 2.17. The maximum Gasteiger partial charge on any atom is 0.335 e. The Hall–Kier alpha value is -1.42. The summed E-state index contributed by atoms with van der Waals surface area (Å²) in [5, 5.41) is 8.80. The summed E-state index contributed by atoms with van der Waals surface area (Å²) in [6.45, 7) is 1.72. The molecule has 0 radical (unpaired) electrons. The van der Waals surface area contributed by atoms with Crippen molar-refractivity contribution >= 4 is 5.97 Å². The van der Waals surface area contributed by atoms with Gasteiger partial charge in [-0.2, -0.15) is 0 Å². The first-order valence-corrected chi connectivity index (χ1v) is 4.64. The highest BCUT2D eigenvalue weighted by Gasteiger charge is 2.33. The van der Waals surface area contributed by atoms with Gasteiger partial charge in [-0.05, 0) is 30.2 Å². The van der Waals surface area contributed by atoms with Crippen molar-refractivity contribution in [2.24, 2.45) is 0 Å². The smallest absolute Gasteiger partial charge is 0.335 e. The Bertz CT molecular complexity index is 412. The summed E-state index contributed by atoms with van der Waals surface area (Å²) in [6, 6.07) is 4.46. The van der Waals surface area contributed by atoms with Crippen molar-refractivity contribution in [3.05, 3.63) is 34.9 Å². The number of fused-ring (bicyclic) bond motifs is 1. The second-order valence-electron chi connectivity index (χ2n) is 3.87. The minimum atomic E-state index is -1.60. The molecule has 0 saturated heterocycles. The monoisotopic (exact) mass is 210 g/mol. The topological polar surface area (TPSA) is 46.5 Å². The molecule has 0 fully saturated rings. The number of carboxylic acid groups (broad SMARTS) is 1. The van der Waals surface area contributed by atoms with E-state index in [0.717, 1.165) is 5.56 Å². The summed E-state index contributed by atoms with van der Waals surface area (Å²) in [4.78, 5) is 10.7. The van der Waals surface area contributed by atoms with Crippen molar-refractivity contribution in [2.75, 3.05) is 6.61 Å². The van der Waals surface area contributed by atoms with Gasteiger partial charge in [-0.15, -0.1) is 0 Å². The zero-order valence-corrected chi connectivity index (χ0v) is 8.29. The van der Waals surface area contributed by atoms with E-state index in [-0.39, 0.29) is 12.2 Å². The van der Waals surface area contributed by atoms with E-state index in [1.807, 2.05) is 0 Å². The van der Waals surface area contributed by atoms with E-state index < -0.39 is 11.6 Å². The zero-order valence-electron chi connectivity index (χ0n) is 8.29. The van der Waals surface area contributed by atoms with E-state index in [2.05, 4.69) is 0 Å². The third-order valence-corrected chi connectivity index (χ3v) is 2.55. The highest BCUT2D eigenvalue weighted by Crippen LogP contribution is 2.34. The normalized spacial score (nSPS) is 24.7. The number of hydrogen-bond acceptors (Lipinski definition) is 2. The molecule has 0 spiro atoms. The molecule has 1 heterocycles. The van der Waals surface area contributed by atoms with Crippen molar-refractivity contribution in [2.45, 2.75) is 19.2 Å². The molecule has 1 aliphatic rings. The van der Waals surface area contributed by atoms with Crippen LogP contribution in [0.25, 0.3) is 0 Å². The van der Waals surface area contributed by atoms with Gasteiger partial charge < -0.3 is 9.84 Å². The van der Waals surface area contributed by atoms with E-state index in [4.69, 9.17) is 9.84 Å². The third-order valence-electron chi connectivity index (χ3n) is 2.55. The maximum atomic E-state index is 14.0. The van der Waals surface area contributed by atoms with Gasteiger partial charge in [-0.1, -0.05) is 6.07 Å². The van der Waals surface area contributed by atoms with E-state index >= 15 is 0 Å². The summed E-state index contributed by atoms with van der Waals surface area (Å²) in [5.74, 6) is -1.04. The van der Waals surface area contributed by atoms with Crippen LogP contribution in [0.3, 0.4) is 0 Å². The first-order chi connectivity index (χ1) is 7.00. The minimum Gasteiger partial charge on any atom is -0.478 e. The Morgan fingerprint density at radius 1 is 1.60 bits per heavy atom. The molecule has 1 atom stereocenters. The number of ether oxygens (including phenoxy) is 1. The largest absolute Gasteiger partial charge is 0.478 e. The Morgan fingerprint density at radius 3 is 3.00 bits per heavy atom. The molecule has 3 nitrogen and oxygen atoms in total. The standard InChI is InChI=1S/C11H11FO3/c1-11(12)6-15-5-8-3-2-7(10(13)14)4-9(8)11/h2-4H,5-6H2,1H3,(H,13,14)/t11-/m1/s1. The number of halogens is 1. The Labute approximate surface area is 86.5 Å². The fraction of sp³-hybridized carbons (Fsp3) is 0.364. The summed E-state index contributed by atoms with van der Waals surface area (Å²) in [6.07, 6.45) is 0. The van der Waals surface area contributed by atoms with Crippen molar-refractivity contribution in [3.8, 4) is 0 Å². The second kappa shape index (κ2) is 3.31. The Balaban J connectivity index is 2.53. The highest BCUT2D eigenvalue weighted by atomic mass is 19.1. The van der Waals surface area contributed by atoms with Crippen molar-refractivity contribution in [1.29, 1.82) is 0 Å². The lowest BCUT2D eigenvalue weighted by Gasteiger charge is -2.28. The quantitative estimate of drug-likeness (QED) is 0.772. The number of carboxylic acids is 1. The molecule has 15 heavy (non-hydrogen) atoms. The Morgan fingerprint density at radius 2 is 2.33 bits per heavy atom. The van der Waals surface area contributed by atoms with Gasteiger partial charge in [0.05, 0.1) is 18.8 Å². The van der Waals surface area contributed by atoms with Gasteiger partial charge in [0.1, 0.15) is 0 Å². The molecule has 0 bridgehead atoms. The molecular weight excluding hydrogens is 199 g/mol. The lowest BCUT2D eigenvalue weighted by molar-refractivity contribution is -0.00470. The van der Waals surface area contributed by atoms with Crippen LogP contribution in [0.2, 0.25) is 0 Å². The van der Waals surface area contributed by atoms with E-state index in [9.17, 15) is 9.18 Å². The molecule has 1 aromatic carbocycles. The summed E-state index contributed by atoms with van der Waals surface area (Å²) in [5.41, 5.74) is -0.344. The number of aromatic carboxylic acids is 1. The molecule has 80 valence electrons. The lowest BCUT2D eigenvalue weighted by atomic mass is 9.90. The van der Waals surface area contributed by atoms with Crippen LogP contribution < -0.4 is 0 Å². The van der Waals surface area contributed by atoms with Gasteiger partial charge in [0.25, 0.3) is 0 Å². The number of rotatable bonds is 1. The number of alkyl halides is 1. The first-order valence-electron chi connectivity index (χ1n) is 4.64. The predicted molar refractivity (Wildman–Crippen MR) is 51.5 cm³/mol.